The second-order valence-electron chi connectivity index (χ2n) is 9.98. The first-order valence-corrected chi connectivity index (χ1v) is 10.8. The molecule has 0 bridgehead atoms. The van der Waals surface area contributed by atoms with Crippen molar-refractivity contribution in [3.8, 4) is 0 Å². The fourth-order valence-electron chi connectivity index (χ4n) is 7.18. The van der Waals surface area contributed by atoms with Gasteiger partial charge in [0.2, 0.25) is 0 Å². The Morgan fingerprint density at radius 3 is 2.55 bits per heavy atom. The van der Waals surface area contributed by atoms with Crippen LogP contribution in [0.15, 0.2) is 23.8 Å². The van der Waals surface area contributed by atoms with Crippen LogP contribution in [0, 0.1) is 34.0 Å². The summed E-state index contributed by atoms with van der Waals surface area (Å²) in [7, 11) is 1.43. The molecular formula is C24H32O5. The molecule has 5 nitrogen and oxygen atoms in total. The molecule has 6 atom stereocenters. The number of methoxy groups -OCH3 is 1. The molecule has 0 radical (unpaired) electrons. The predicted octanol–water partition coefficient (Wildman–Crippen LogP) is 4.02. The number of allylic oxidation sites excluding steroid dienone is 4. The number of carbonyl (C=O) groups is 3. The number of esters is 2. The Bertz CT molecular complexity index is 810. The highest BCUT2D eigenvalue weighted by molar-refractivity contribution is 5.92. The predicted molar refractivity (Wildman–Crippen MR) is 108 cm³/mol. The van der Waals surface area contributed by atoms with Gasteiger partial charge < -0.3 is 9.47 Å². The largest absolute Gasteiger partial charge is 0.468 e. The molecule has 0 aromatic carbocycles. The average molecular weight is 401 g/mol. The number of fused-ring (bicyclic) bond motifs is 5. The minimum Gasteiger partial charge on any atom is -0.468 e. The minimum atomic E-state index is -0.781. The van der Waals surface area contributed by atoms with Crippen LogP contribution in [-0.4, -0.2) is 31.4 Å². The summed E-state index contributed by atoms with van der Waals surface area (Å²) < 4.78 is 10.7. The average Bonchev–Trinajstić information content (AvgIpc) is 2.99. The molecule has 0 heterocycles. The number of hydrogen-bond acceptors (Lipinski definition) is 5. The quantitative estimate of drug-likeness (QED) is 0.669. The summed E-state index contributed by atoms with van der Waals surface area (Å²) in [6.45, 7) is 6.00. The van der Waals surface area contributed by atoms with Crippen LogP contribution in [-0.2, 0) is 23.9 Å². The number of ether oxygens (including phenoxy) is 2. The first kappa shape index (κ1) is 20.4. The monoisotopic (exact) mass is 400 g/mol. The Morgan fingerprint density at radius 2 is 1.86 bits per heavy atom. The Balaban J connectivity index is 1.72. The van der Waals surface area contributed by atoms with Gasteiger partial charge in [-0.2, -0.15) is 0 Å². The number of ketones is 1. The van der Waals surface area contributed by atoms with Gasteiger partial charge in [0.05, 0.1) is 7.11 Å². The molecule has 4 rings (SSSR count). The fraction of sp³-hybridized carbons (Fsp3) is 0.708. The Labute approximate surface area is 172 Å². The van der Waals surface area contributed by atoms with Crippen LogP contribution in [0.1, 0.15) is 59.3 Å². The number of hydrogen-bond donors (Lipinski definition) is 0. The van der Waals surface area contributed by atoms with Crippen LogP contribution < -0.4 is 0 Å². The summed E-state index contributed by atoms with van der Waals surface area (Å²) in [6, 6.07) is 0. The van der Waals surface area contributed by atoms with E-state index in [1.54, 1.807) is 0 Å². The highest BCUT2D eigenvalue weighted by Crippen LogP contribution is 2.69. The van der Waals surface area contributed by atoms with Crippen molar-refractivity contribution in [2.24, 2.45) is 34.0 Å². The van der Waals surface area contributed by atoms with Crippen LogP contribution >= 0.6 is 0 Å². The highest BCUT2D eigenvalue weighted by atomic mass is 16.5. The van der Waals surface area contributed by atoms with Gasteiger partial charge in [0, 0.05) is 13.3 Å². The third-order valence-corrected chi connectivity index (χ3v) is 8.98. The molecule has 0 unspecified atom stereocenters. The van der Waals surface area contributed by atoms with E-state index in [0.29, 0.717) is 30.6 Å². The van der Waals surface area contributed by atoms with E-state index >= 15 is 0 Å². The van der Waals surface area contributed by atoms with Gasteiger partial charge in [-0.3, -0.25) is 14.4 Å². The maximum Gasteiger partial charge on any atom is 0.315 e. The molecule has 5 heteroatoms. The Hall–Kier alpha value is -1.91. The molecule has 0 aromatic heterocycles. The summed E-state index contributed by atoms with van der Waals surface area (Å²) in [6.07, 6.45) is 11.3. The molecular weight excluding hydrogens is 368 g/mol. The van der Waals surface area contributed by atoms with Gasteiger partial charge in [-0.05, 0) is 72.3 Å². The molecule has 0 spiro atoms. The zero-order valence-corrected chi connectivity index (χ0v) is 18.0. The normalized spacial score (nSPS) is 43.0. The zero-order chi connectivity index (χ0) is 21.0. The van der Waals surface area contributed by atoms with Crippen LogP contribution in [0.25, 0.3) is 0 Å². The van der Waals surface area contributed by atoms with Crippen molar-refractivity contribution in [3.05, 3.63) is 23.8 Å². The van der Waals surface area contributed by atoms with Crippen molar-refractivity contribution in [2.75, 3.05) is 13.7 Å². The van der Waals surface area contributed by atoms with E-state index in [0.717, 1.165) is 25.7 Å². The second kappa shape index (κ2) is 6.82. The van der Waals surface area contributed by atoms with Crippen molar-refractivity contribution in [1.29, 1.82) is 0 Å². The lowest BCUT2D eigenvalue weighted by molar-refractivity contribution is -0.175. The fourth-order valence-corrected chi connectivity index (χ4v) is 7.18. The molecule has 4 aliphatic carbocycles. The van der Waals surface area contributed by atoms with E-state index in [9.17, 15) is 14.4 Å². The molecule has 0 aromatic rings. The molecule has 4 aliphatic rings. The number of carbonyl (C=O) groups excluding carboxylic acids is 3. The lowest BCUT2D eigenvalue weighted by Crippen LogP contribution is -2.55. The standard InChI is InChI=1S/C24H32O5/c1-15(25)29-14-24(21(27)28-4)12-9-20-18-6-5-16-13-17(26)7-10-22(16,2)19(18)8-11-23(20,24)3/h5-6,13,18-20H,7-12,14H2,1-4H3/t18-,19+,20+,22+,23+,24+/m1/s1. The molecule has 0 N–H and O–H groups in total. The van der Waals surface area contributed by atoms with E-state index in [-0.39, 0.29) is 35.2 Å². The van der Waals surface area contributed by atoms with Gasteiger partial charge in [-0.1, -0.05) is 26.0 Å². The van der Waals surface area contributed by atoms with Gasteiger partial charge in [0.25, 0.3) is 0 Å². The molecule has 29 heavy (non-hydrogen) atoms. The molecule has 2 fully saturated rings. The third-order valence-electron chi connectivity index (χ3n) is 8.98. The SMILES string of the molecule is COC(=O)[C@@]1(COC(C)=O)CC[C@H]2[C@@H]3C=CC4=CC(=O)CC[C@]4(C)[C@H]3CC[C@@]21C. The van der Waals surface area contributed by atoms with Gasteiger partial charge in [-0.25, -0.2) is 0 Å². The smallest absolute Gasteiger partial charge is 0.315 e. The topological polar surface area (TPSA) is 69.7 Å². The van der Waals surface area contributed by atoms with Gasteiger partial charge in [-0.15, -0.1) is 0 Å². The first-order chi connectivity index (χ1) is 13.7. The Morgan fingerprint density at radius 1 is 1.14 bits per heavy atom. The second-order valence-corrected chi connectivity index (χ2v) is 9.98. The van der Waals surface area contributed by atoms with Gasteiger partial charge >= 0.3 is 11.9 Å². The molecule has 0 saturated heterocycles. The van der Waals surface area contributed by atoms with Gasteiger partial charge in [0.15, 0.2) is 5.78 Å². The first-order valence-electron chi connectivity index (χ1n) is 10.8. The molecule has 158 valence electrons. The lowest BCUT2D eigenvalue weighted by atomic mass is 9.47. The van der Waals surface area contributed by atoms with Gasteiger partial charge in [0.1, 0.15) is 12.0 Å². The van der Waals surface area contributed by atoms with Crippen molar-refractivity contribution in [3.63, 3.8) is 0 Å². The maximum atomic E-state index is 13.0. The molecule has 2 saturated carbocycles. The zero-order valence-electron chi connectivity index (χ0n) is 18.0. The molecule has 0 amide bonds. The Kier molecular flexibility index (Phi) is 4.79. The van der Waals surface area contributed by atoms with Crippen LogP contribution in [0.4, 0.5) is 0 Å². The summed E-state index contributed by atoms with van der Waals surface area (Å²) >= 11 is 0. The molecule has 0 aliphatic heterocycles. The highest BCUT2D eigenvalue weighted by Gasteiger charge is 2.67. The van der Waals surface area contributed by atoms with E-state index in [2.05, 4.69) is 26.0 Å². The summed E-state index contributed by atoms with van der Waals surface area (Å²) in [5, 5.41) is 0. The minimum absolute atomic E-state index is 0.0288. The van der Waals surface area contributed by atoms with Crippen molar-refractivity contribution >= 4 is 17.7 Å². The van der Waals surface area contributed by atoms with E-state index in [1.165, 1.54) is 19.6 Å². The van der Waals surface area contributed by atoms with Crippen LogP contribution in [0.2, 0.25) is 0 Å². The van der Waals surface area contributed by atoms with Crippen molar-refractivity contribution < 1.29 is 23.9 Å². The maximum absolute atomic E-state index is 13.0. The summed E-state index contributed by atoms with van der Waals surface area (Å²) in [4.78, 5) is 36.5. The van der Waals surface area contributed by atoms with E-state index < -0.39 is 5.41 Å². The van der Waals surface area contributed by atoms with Crippen molar-refractivity contribution in [2.45, 2.75) is 59.3 Å². The summed E-state index contributed by atoms with van der Waals surface area (Å²) in [5.41, 5.74) is 0.149. The summed E-state index contributed by atoms with van der Waals surface area (Å²) in [5.74, 6) is 0.800. The van der Waals surface area contributed by atoms with Crippen molar-refractivity contribution in [1.82, 2.24) is 0 Å². The number of rotatable bonds is 3. The third kappa shape index (κ3) is 2.76. The van der Waals surface area contributed by atoms with Crippen LogP contribution in [0.5, 0.6) is 0 Å². The van der Waals surface area contributed by atoms with E-state index in [4.69, 9.17) is 9.47 Å². The van der Waals surface area contributed by atoms with Crippen LogP contribution in [0.3, 0.4) is 0 Å². The van der Waals surface area contributed by atoms with E-state index in [1.807, 2.05) is 6.08 Å². The lowest BCUT2D eigenvalue weighted by Gasteiger charge is -2.57.